The van der Waals surface area contributed by atoms with Crippen LogP contribution in [0.5, 0.6) is 0 Å². The molecule has 2 rings (SSSR count). The van der Waals surface area contributed by atoms with Crippen LogP contribution in [-0.2, 0) is 20.9 Å². The van der Waals surface area contributed by atoms with E-state index in [4.69, 9.17) is 9.47 Å². The molecule has 1 atom stereocenters. The van der Waals surface area contributed by atoms with Crippen LogP contribution in [0, 0.1) is 0 Å². The van der Waals surface area contributed by atoms with Gasteiger partial charge in [-0.3, -0.25) is 0 Å². The van der Waals surface area contributed by atoms with Gasteiger partial charge < -0.3 is 14.8 Å². The van der Waals surface area contributed by atoms with Crippen molar-refractivity contribution in [2.45, 2.75) is 17.5 Å². The van der Waals surface area contributed by atoms with E-state index in [9.17, 15) is 9.59 Å². The number of benzene rings is 2. The Morgan fingerprint density at radius 3 is 2.35 bits per heavy atom. The van der Waals surface area contributed by atoms with Gasteiger partial charge in [-0.15, -0.1) is 11.8 Å². The Labute approximate surface area is 157 Å². The lowest BCUT2D eigenvalue weighted by Crippen LogP contribution is -2.43. The third-order valence-corrected chi connectivity index (χ3v) is 4.40. The van der Waals surface area contributed by atoms with Crippen LogP contribution in [0.4, 0.5) is 4.79 Å². The van der Waals surface area contributed by atoms with Crippen LogP contribution < -0.4 is 5.32 Å². The van der Waals surface area contributed by atoms with Gasteiger partial charge in [0, 0.05) is 10.6 Å². The van der Waals surface area contributed by atoms with Crippen LogP contribution in [0.2, 0.25) is 0 Å². The van der Waals surface area contributed by atoms with Crippen LogP contribution in [-0.4, -0.2) is 30.5 Å². The highest BCUT2D eigenvalue weighted by Gasteiger charge is 2.23. The molecule has 1 amide bonds. The van der Waals surface area contributed by atoms with Gasteiger partial charge in [-0.1, -0.05) is 61.2 Å². The summed E-state index contributed by atoms with van der Waals surface area (Å²) in [6.45, 7) is 3.74. The molecule has 1 N–H and O–H groups in total. The minimum atomic E-state index is -0.816. The summed E-state index contributed by atoms with van der Waals surface area (Å²) < 4.78 is 10.2. The van der Waals surface area contributed by atoms with E-state index in [1.165, 1.54) is 17.8 Å². The molecule has 0 fully saturated rings. The van der Waals surface area contributed by atoms with E-state index in [0.717, 1.165) is 10.5 Å². The summed E-state index contributed by atoms with van der Waals surface area (Å²) in [5, 5.41) is 2.58. The van der Waals surface area contributed by atoms with Gasteiger partial charge in [0.1, 0.15) is 19.3 Å². The van der Waals surface area contributed by atoms with Gasteiger partial charge in [-0.2, -0.15) is 0 Å². The highest BCUT2D eigenvalue weighted by Crippen LogP contribution is 2.18. The molecule has 5 nitrogen and oxygen atoms in total. The predicted octanol–water partition coefficient (Wildman–Crippen LogP) is 3.80. The summed E-state index contributed by atoms with van der Waals surface area (Å²) in [6, 6.07) is 18.1. The molecular weight excluding hydrogens is 350 g/mol. The predicted molar refractivity (Wildman–Crippen MR) is 102 cm³/mol. The second-order valence-electron chi connectivity index (χ2n) is 5.30. The normalized spacial score (nSPS) is 11.2. The number of carbonyl (C=O) groups excluding carboxylic acids is 2. The number of carbonyl (C=O) groups is 2. The van der Waals surface area contributed by atoms with Crippen LogP contribution >= 0.6 is 11.8 Å². The van der Waals surface area contributed by atoms with Crippen molar-refractivity contribution < 1.29 is 19.1 Å². The van der Waals surface area contributed by atoms with Gasteiger partial charge in [0.25, 0.3) is 0 Å². The molecule has 0 aliphatic heterocycles. The van der Waals surface area contributed by atoms with E-state index < -0.39 is 18.1 Å². The Bertz CT molecular complexity index is 706. The standard InChI is InChI=1S/C20H21NO4S/c1-2-13-24-19(22)18(15-26-17-11-7-4-8-12-17)21-20(23)25-14-16-9-5-3-6-10-16/h2-12,18H,1,13-15H2,(H,21,23)/t18-/m0/s1. The number of rotatable bonds is 9. The Kier molecular flexibility index (Phi) is 8.29. The SMILES string of the molecule is C=CCOC(=O)[C@H](CSc1ccccc1)NC(=O)OCc1ccccc1. The summed E-state index contributed by atoms with van der Waals surface area (Å²) in [5.74, 6) is -0.189. The van der Waals surface area contributed by atoms with E-state index in [1.54, 1.807) is 0 Å². The number of alkyl carbamates (subject to hydrolysis) is 1. The number of nitrogens with one attached hydrogen (secondary N) is 1. The molecule has 0 heterocycles. The third-order valence-electron chi connectivity index (χ3n) is 3.29. The molecule has 0 aliphatic carbocycles. The van der Waals surface area contributed by atoms with E-state index in [2.05, 4.69) is 11.9 Å². The molecule has 0 unspecified atom stereocenters. The zero-order valence-electron chi connectivity index (χ0n) is 14.3. The average molecular weight is 371 g/mol. The van der Waals surface area contributed by atoms with E-state index in [0.29, 0.717) is 5.75 Å². The van der Waals surface area contributed by atoms with Gasteiger partial charge in [-0.05, 0) is 17.7 Å². The topological polar surface area (TPSA) is 64.6 Å². The lowest BCUT2D eigenvalue weighted by molar-refractivity contribution is -0.144. The molecule has 0 bridgehead atoms. The maximum atomic E-state index is 12.2. The number of esters is 1. The maximum absolute atomic E-state index is 12.2. The molecule has 0 aromatic heterocycles. The summed E-state index contributed by atoms with van der Waals surface area (Å²) in [5.41, 5.74) is 0.868. The van der Waals surface area contributed by atoms with E-state index in [-0.39, 0.29) is 13.2 Å². The molecule has 0 spiro atoms. The zero-order chi connectivity index (χ0) is 18.6. The highest BCUT2D eigenvalue weighted by molar-refractivity contribution is 7.99. The van der Waals surface area contributed by atoms with Crippen LogP contribution in [0.1, 0.15) is 5.56 Å². The summed E-state index contributed by atoms with van der Waals surface area (Å²) in [6.07, 6.45) is 0.815. The second-order valence-corrected chi connectivity index (χ2v) is 6.39. The number of ether oxygens (including phenoxy) is 2. The molecule has 0 radical (unpaired) electrons. The Hall–Kier alpha value is -2.73. The molecule has 0 saturated carbocycles. The molecule has 2 aromatic carbocycles. The minimum Gasteiger partial charge on any atom is -0.460 e. The van der Waals surface area contributed by atoms with Crippen molar-refractivity contribution in [2.75, 3.05) is 12.4 Å². The van der Waals surface area contributed by atoms with Crippen molar-refractivity contribution in [2.24, 2.45) is 0 Å². The van der Waals surface area contributed by atoms with E-state index in [1.807, 2.05) is 60.7 Å². The molecular formula is C20H21NO4S. The lowest BCUT2D eigenvalue weighted by atomic mass is 10.2. The lowest BCUT2D eigenvalue weighted by Gasteiger charge is -2.17. The number of amides is 1. The molecule has 136 valence electrons. The fraction of sp³-hybridized carbons (Fsp3) is 0.200. The second kappa shape index (κ2) is 11.0. The number of hydrogen-bond acceptors (Lipinski definition) is 5. The van der Waals surface area contributed by atoms with Crippen molar-refractivity contribution >= 4 is 23.8 Å². The summed E-state index contributed by atoms with van der Waals surface area (Å²) in [7, 11) is 0. The van der Waals surface area contributed by atoms with Crippen molar-refractivity contribution in [1.29, 1.82) is 0 Å². The highest BCUT2D eigenvalue weighted by atomic mass is 32.2. The first-order valence-corrected chi connectivity index (χ1v) is 9.10. The fourth-order valence-corrected chi connectivity index (χ4v) is 2.94. The summed E-state index contributed by atoms with van der Waals surface area (Å²) in [4.78, 5) is 25.2. The first-order chi connectivity index (χ1) is 12.7. The number of hydrogen-bond donors (Lipinski definition) is 1. The molecule has 0 aliphatic rings. The first kappa shape index (κ1) is 19.6. The zero-order valence-corrected chi connectivity index (χ0v) is 15.1. The fourth-order valence-electron chi connectivity index (χ4n) is 2.01. The van der Waals surface area contributed by atoms with Crippen LogP contribution in [0.15, 0.2) is 78.2 Å². The van der Waals surface area contributed by atoms with Gasteiger partial charge in [-0.25, -0.2) is 9.59 Å². The smallest absolute Gasteiger partial charge is 0.408 e. The van der Waals surface area contributed by atoms with Gasteiger partial charge in [0.05, 0.1) is 0 Å². The van der Waals surface area contributed by atoms with Crippen molar-refractivity contribution in [3.05, 3.63) is 78.9 Å². The molecule has 0 saturated heterocycles. The number of thioether (sulfide) groups is 1. The molecule has 26 heavy (non-hydrogen) atoms. The van der Waals surface area contributed by atoms with Crippen molar-refractivity contribution in [3.63, 3.8) is 0 Å². The minimum absolute atomic E-state index is 0.0894. The van der Waals surface area contributed by atoms with Crippen molar-refractivity contribution in [1.82, 2.24) is 5.32 Å². The Morgan fingerprint density at radius 2 is 1.69 bits per heavy atom. The Morgan fingerprint density at radius 1 is 1.04 bits per heavy atom. The monoisotopic (exact) mass is 371 g/mol. The average Bonchev–Trinajstić information content (AvgIpc) is 2.69. The quantitative estimate of drug-likeness (QED) is 0.413. The van der Waals surface area contributed by atoms with Gasteiger partial charge in [0.2, 0.25) is 0 Å². The van der Waals surface area contributed by atoms with Crippen molar-refractivity contribution in [3.8, 4) is 0 Å². The van der Waals surface area contributed by atoms with Gasteiger partial charge >= 0.3 is 12.1 Å². The molecule has 6 heteroatoms. The maximum Gasteiger partial charge on any atom is 0.408 e. The third kappa shape index (κ3) is 7.03. The van der Waals surface area contributed by atoms with Crippen LogP contribution in [0.25, 0.3) is 0 Å². The largest absolute Gasteiger partial charge is 0.460 e. The van der Waals surface area contributed by atoms with E-state index >= 15 is 0 Å². The summed E-state index contributed by atoms with van der Waals surface area (Å²) >= 11 is 1.45. The molecule has 2 aromatic rings. The first-order valence-electron chi connectivity index (χ1n) is 8.11. The van der Waals surface area contributed by atoms with Crippen LogP contribution in [0.3, 0.4) is 0 Å². The Balaban J connectivity index is 1.90. The van der Waals surface area contributed by atoms with Gasteiger partial charge in [0.15, 0.2) is 0 Å².